The van der Waals surface area contributed by atoms with Gasteiger partial charge in [0.2, 0.25) is 0 Å². The van der Waals surface area contributed by atoms with E-state index in [-0.39, 0.29) is 17.7 Å². The van der Waals surface area contributed by atoms with Crippen LogP contribution in [0.15, 0.2) is 65.6 Å². The Bertz CT molecular complexity index is 1170. The van der Waals surface area contributed by atoms with Crippen LogP contribution >= 0.6 is 11.3 Å². The summed E-state index contributed by atoms with van der Waals surface area (Å²) in [6.45, 7) is 0.160. The number of Topliss-reactive ketones (excluding diaryl/α,β-unsaturated/α-hetero) is 1. The summed E-state index contributed by atoms with van der Waals surface area (Å²) in [6.07, 6.45) is 0. The molecule has 5 nitrogen and oxygen atoms in total. The van der Waals surface area contributed by atoms with Crippen LogP contribution in [0, 0.1) is 11.6 Å². The molecule has 1 amide bonds. The van der Waals surface area contributed by atoms with E-state index < -0.39 is 35.1 Å². The number of carbonyl (C=O) groups is 2. The van der Waals surface area contributed by atoms with Crippen LogP contribution in [0.25, 0.3) is 5.76 Å². The molecule has 3 aromatic rings. The van der Waals surface area contributed by atoms with Gasteiger partial charge in [-0.25, -0.2) is 8.78 Å². The minimum atomic E-state index is -1.17. The van der Waals surface area contributed by atoms with Crippen LogP contribution < -0.4 is 4.74 Å². The largest absolute Gasteiger partial charge is 0.507 e. The fraction of sp³-hybridized carbons (Fsp3) is 0.130. The number of hydrogen-bond acceptors (Lipinski definition) is 5. The lowest BCUT2D eigenvalue weighted by Crippen LogP contribution is -2.28. The molecule has 1 unspecified atom stereocenters. The molecule has 0 spiro atoms. The van der Waals surface area contributed by atoms with E-state index in [1.165, 1.54) is 23.3 Å². The quantitative estimate of drug-likeness (QED) is 0.355. The van der Waals surface area contributed by atoms with Crippen molar-refractivity contribution in [1.82, 2.24) is 4.90 Å². The number of hydrogen-bond donors (Lipinski definition) is 1. The van der Waals surface area contributed by atoms with E-state index >= 15 is 0 Å². The van der Waals surface area contributed by atoms with Gasteiger partial charge in [0.25, 0.3) is 11.7 Å². The minimum Gasteiger partial charge on any atom is -0.507 e. The van der Waals surface area contributed by atoms with Crippen LogP contribution in [0.5, 0.6) is 5.75 Å². The third-order valence-corrected chi connectivity index (χ3v) is 5.93. The molecule has 31 heavy (non-hydrogen) atoms. The van der Waals surface area contributed by atoms with Gasteiger partial charge in [-0.05, 0) is 47.3 Å². The molecule has 2 aromatic carbocycles. The van der Waals surface area contributed by atoms with Crippen LogP contribution in [0.4, 0.5) is 8.78 Å². The summed E-state index contributed by atoms with van der Waals surface area (Å²) in [7, 11) is 1.51. The summed E-state index contributed by atoms with van der Waals surface area (Å²) < 4.78 is 32.3. The minimum absolute atomic E-state index is 0.0912. The van der Waals surface area contributed by atoms with Gasteiger partial charge in [0.15, 0.2) is 11.6 Å². The van der Waals surface area contributed by atoms with Gasteiger partial charge in [-0.15, -0.1) is 11.3 Å². The molecule has 0 saturated carbocycles. The van der Waals surface area contributed by atoms with Gasteiger partial charge in [-0.3, -0.25) is 9.59 Å². The maximum atomic E-state index is 13.7. The topological polar surface area (TPSA) is 66.8 Å². The van der Waals surface area contributed by atoms with E-state index in [0.29, 0.717) is 11.3 Å². The fourth-order valence-electron chi connectivity index (χ4n) is 3.55. The second-order valence-corrected chi connectivity index (χ2v) is 7.94. The van der Waals surface area contributed by atoms with E-state index in [2.05, 4.69) is 0 Å². The molecule has 8 heteroatoms. The maximum absolute atomic E-state index is 13.7. The number of nitrogens with zero attached hydrogens (tertiary/aromatic N) is 1. The third-order valence-electron chi connectivity index (χ3n) is 5.07. The number of thiophene rings is 1. The van der Waals surface area contributed by atoms with Crippen LogP contribution in [-0.4, -0.2) is 28.8 Å². The highest BCUT2D eigenvalue weighted by Crippen LogP contribution is 2.41. The summed E-state index contributed by atoms with van der Waals surface area (Å²) in [5.41, 5.74) is 0.296. The van der Waals surface area contributed by atoms with Crippen molar-refractivity contribution >= 4 is 28.8 Å². The first-order chi connectivity index (χ1) is 14.9. The summed E-state index contributed by atoms with van der Waals surface area (Å²) in [4.78, 5) is 28.0. The molecule has 1 atom stereocenters. The third kappa shape index (κ3) is 3.82. The SMILES string of the molecule is COc1ccc(C2/C(=C(\O)c3ccc(F)c(F)c3)C(=O)C(=O)N2Cc2cccs2)cc1. The van der Waals surface area contributed by atoms with E-state index in [9.17, 15) is 23.5 Å². The Hall–Kier alpha value is -3.52. The van der Waals surface area contributed by atoms with E-state index in [1.807, 2.05) is 17.5 Å². The summed E-state index contributed by atoms with van der Waals surface area (Å²) >= 11 is 1.43. The highest BCUT2D eigenvalue weighted by molar-refractivity contribution is 7.09. The van der Waals surface area contributed by atoms with Gasteiger partial charge in [-0.2, -0.15) is 0 Å². The van der Waals surface area contributed by atoms with Crippen LogP contribution in [0.2, 0.25) is 0 Å². The van der Waals surface area contributed by atoms with Crippen molar-refractivity contribution in [2.45, 2.75) is 12.6 Å². The predicted molar refractivity (Wildman–Crippen MR) is 112 cm³/mol. The molecule has 158 valence electrons. The van der Waals surface area contributed by atoms with Crippen molar-refractivity contribution in [3.8, 4) is 5.75 Å². The number of ketones is 1. The number of aliphatic hydroxyl groups is 1. The number of ether oxygens (including phenoxy) is 1. The zero-order chi connectivity index (χ0) is 22.1. The van der Waals surface area contributed by atoms with E-state index in [1.54, 1.807) is 24.3 Å². The van der Waals surface area contributed by atoms with E-state index in [4.69, 9.17) is 4.74 Å². The summed E-state index contributed by atoms with van der Waals surface area (Å²) in [5.74, 6) is -3.90. The van der Waals surface area contributed by atoms with Crippen molar-refractivity contribution in [3.05, 3.63) is 93.2 Å². The second-order valence-electron chi connectivity index (χ2n) is 6.91. The number of likely N-dealkylation sites (tertiary alicyclic amines) is 1. The zero-order valence-corrected chi connectivity index (χ0v) is 17.2. The van der Waals surface area contributed by atoms with Crippen molar-refractivity contribution in [3.63, 3.8) is 0 Å². The molecule has 0 radical (unpaired) electrons. The normalized spacial score (nSPS) is 17.9. The highest BCUT2D eigenvalue weighted by atomic mass is 32.1. The van der Waals surface area contributed by atoms with Crippen LogP contribution in [-0.2, 0) is 16.1 Å². The molecule has 0 bridgehead atoms. The number of benzene rings is 2. The highest BCUT2D eigenvalue weighted by Gasteiger charge is 2.46. The molecule has 2 heterocycles. The number of carbonyl (C=O) groups excluding carboxylic acids is 2. The Morgan fingerprint density at radius 1 is 1.10 bits per heavy atom. The Balaban J connectivity index is 1.86. The van der Waals surface area contributed by atoms with Gasteiger partial charge >= 0.3 is 0 Å². The average Bonchev–Trinajstić information content (AvgIpc) is 3.38. The smallest absolute Gasteiger partial charge is 0.295 e. The standard InChI is InChI=1S/C23H17F2NO4S/c1-30-15-7-4-13(5-8-15)20-19(21(27)14-6-9-17(24)18(25)11-14)22(28)23(29)26(20)12-16-3-2-10-31-16/h2-11,20,27H,12H2,1H3/b21-19+. The van der Waals surface area contributed by atoms with Crippen LogP contribution in [0.3, 0.4) is 0 Å². The van der Waals surface area contributed by atoms with Gasteiger partial charge in [-0.1, -0.05) is 18.2 Å². The molecule has 1 fully saturated rings. The Morgan fingerprint density at radius 3 is 2.45 bits per heavy atom. The molecule has 0 aliphatic carbocycles. The molecular weight excluding hydrogens is 424 g/mol. The lowest BCUT2D eigenvalue weighted by Gasteiger charge is -2.25. The van der Waals surface area contributed by atoms with Crippen molar-refractivity contribution in [2.75, 3.05) is 7.11 Å². The lowest BCUT2D eigenvalue weighted by atomic mass is 9.95. The van der Waals surface area contributed by atoms with Crippen molar-refractivity contribution in [1.29, 1.82) is 0 Å². The Kier molecular flexibility index (Phi) is 5.56. The van der Waals surface area contributed by atoms with Gasteiger partial charge in [0.05, 0.1) is 25.3 Å². The average molecular weight is 441 g/mol. The first-order valence-electron chi connectivity index (χ1n) is 9.31. The zero-order valence-electron chi connectivity index (χ0n) is 16.3. The first-order valence-corrected chi connectivity index (χ1v) is 10.2. The monoisotopic (exact) mass is 441 g/mol. The lowest BCUT2D eigenvalue weighted by molar-refractivity contribution is -0.140. The molecule has 1 aliphatic rings. The number of rotatable bonds is 5. The molecule has 1 N–H and O–H groups in total. The molecule has 4 rings (SSSR count). The van der Waals surface area contributed by atoms with Gasteiger partial charge < -0.3 is 14.7 Å². The molecule has 1 aromatic heterocycles. The van der Waals surface area contributed by atoms with E-state index in [0.717, 1.165) is 23.1 Å². The number of methoxy groups -OCH3 is 1. The van der Waals surface area contributed by atoms with Gasteiger partial charge in [0, 0.05) is 10.4 Å². The molecule has 1 aliphatic heterocycles. The molecule has 1 saturated heterocycles. The summed E-state index contributed by atoms with van der Waals surface area (Å²) in [5, 5.41) is 12.7. The number of halogens is 2. The second kappa shape index (κ2) is 8.31. The predicted octanol–water partition coefficient (Wildman–Crippen LogP) is 4.66. The Labute approximate surface area is 180 Å². The Morgan fingerprint density at radius 2 is 1.84 bits per heavy atom. The maximum Gasteiger partial charge on any atom is 0.295 e. The molecular formula is C23H17F2NO4S. The number of amides is 1. The summed E-state index contributed by atoms with van der Waals surface area (Å²) in [6, 6.07) is 12.3. The van der Waals surface area contributed by atoms with Crippen molar-refractivity contribution in [2.24, 2.45) is 0 Å². The number of aliphatic hydroxyl groups excluding tert-OH is 1. The first kappa shape index (κ1) is 20.7. The van der Waals surface area contributed by atoms with Crippen LogP contribution in [0.1, 0.15) is 22.0 Å². The van der Waals surface area contributed by atoms with Gasteiger partial charge in [0.1, 0.15) is 11.5 Å². The van der Waals surface area contributed by atoms with Crippen molar-refractivity contribution < 1.29 is 28.2 Å². The fourth-order valence-corrected chi connectivity index (χ4v) is 4.25.